The average molecular weight is 404 g/mol. The molecule has 3 amide bonds. The summed E-state index contributed by atoms with van der Waals surface area (Å²) in [6.07, 6.45) is 3.21. The molecule has 1 spiro atoms. The Morgan fingerprint density at radius 1 is 1.14 bits per heavy atom. The van der Waals surface area contributed by atoms with Crippen molar-refractivity contribution in [2.24, 2.45) is 7.05 Å². The third kappa shape index (κ3) is 3.83. The minimum atomic E-state index is -1.05. The lowest BCUT2D eigenvalue weighted by molar-refractivity contribution is -0.281. The molecule has 2 fully saturated rings. The normalized spacial score (nSPS) is 22.2. The van der Waals surface area contributed by atoms with Crippen LogP contribution in [0.4, 0.5) is 10.5 Å². The van der Waals surface area contributed by atoms with Crippen molar-refractivity contribution in [3.63, 3.8) is 0 Å². The standard InChI is InChI=1S/C18H24N6O5/c1-12-15(13(2)29-21-12)20-17(26)24-5-7-28-18(11-24)10-23(4-6-27-18)16(25)14-8-19-22(3)9-14/h8-9H,4-7,10-11H2,1-3H3,(H,20,26). The van der Waals surface area contributed by atoms with Gasteiger partial charge in [-0.25, -0.2) is 4.79 Å². The van der Waals surface area contributed by atoms with Crippen LogP contribution in [-0.2, 0) is 16.5 Å². The van der Waals surface area contributed by atoms with E-state index in [-0.39, 0.29) is 25.0 Å². The number of aromatic nitrogens is 3. The van der Waals surface area contributed by atoms with Gasteiger partial charge in [-0.3, -0.25) is 9.48 Å². The van der Waals surface area contributed by atoms with E-state index in [1.807, 2.05) is 0 Å². The molecule has 29 heavy (non-hydrogen) atoms. The van der Waals surface area contributed by atoms with Crippen molar-refractivity contribution in [2.45, 2.75) is 19.6 Å². The summed E-state index contributed by atoms with van der Waals surface area (Å²) >= 11 is 0. The molecule has 2 aliphatic heterocycles. The molecule has 2 aromatic rings. The number of carbonyl (C=O) groups excluding carboxylic acids is 2. The quantitative estimate of drug-likeness (QED) is 0.786. The first kappa shape index (κ1) is 19.4. The van der Waals surface area contributed by atoms with Gasteiger partial charge in [0.05, 0.1) is 38.1 Å². The minimum Gasteiger partial charge on any atom is -0.359 e. The Hall–Kier alpha value is -2.92. The van der Waals surface area contributed by atoms with Gasteiger partial charge in [-0.2, -0.15) is 5.10 Å². The number of nitrogens with zero attached hydrogens (tertiary/aromatic N) is 5. The third-order valence-corrected chi connectivity index (χ3v) is 5.11. The topological polar surface area (TPSA) is 115 Å². The summed E-state index contributed by atoms with van der Waals surface area (Å²) in [5.74, 6) is -0.646. The van der Waals surface area contributed by atoms with E-state index in [0.717, 1.165) is 0 Å². The second-order valence-electron chi connectivity index (χ2n) is 7.29. The third-order valence-electron chi connectivity index (χ3n) is 5.11. The van der Waals surface area contributed by atoms with E-state index in [1.165, 1.54) is 6.20 Å². The van der Waals surface area contributed by atoms with Crippen LogP contribution in [0.25, 0.3) is 0 Å². The van der Waals surface area contributed by atoms with Gasteiger partial charge < -0.3 is 29.1 Å². The van der Waals surface area contributed by atoms with Crippen LogP contribution in [0.1, 0.15) is 21.8 Å². The first-order valence-electron chi connectivity index (χ1n) is 9.41. The van der Waals surface area contributed by atoms with Crippen molar-refractivity contribution < 1.29 is 23.6 Å². The zero-order valence-corrected chi connectivity index (χ0v) is 16.7. The van der Waals surface area contributed by atoms with E-state index in [9.17, 15) is 9.59 Å². The summed E-state index contributed by atoms with van der Waals surface area (Å²) < 4.78 is 18.5. The van der Waals surface area contributed by atoms with Gasteiger partial charge in [0, 0.05) is 26.3 Å². The Morgan fingerprint density at radius 3 is 2.45 bits per heavy atom. The van der Waals surface area contributed by atoms with Crippen LogP contribution in [-0.4, -0.2) is 81.9 Å². The fraction of sp³-hybridized carbons (Fsp3) is 0.556. The molecule has 2 saturated heterocycles. The predicted octanol–water partition coefficient (Wildman–Crippen LogP) is 0.758. The molecule has 0 aliphatic carbocycles. The molecule has 1 unspecified atom stereocenters. The summed E-state index contributed by atoms with van der Waals surface area (Å²) in [6, 6.07) is -0.290. The molecular formula is C18H24N6O5. The highest BCUT2D eigenvalue weighted by Crippen LogP contribution is 2.27. The van der Waals surface area contributed by atoms with Crippen LogP contribution in [0.5, 0.6) is 0 Å². The highest BCUT2D eigenvalue weighted by molar-refractivity contribution is 5.94. The molecule has 0 radical (unpaired) electrons. The minimum absolute atomic E-state index is 0.137. The van der Waals surface area contributed by atoms with E-state index in [2.05, 4.69) is 15.6 Å². The SMILES string of the molecule is Cc1noc(C)c1NC(=O)N1CCOC2(C1)CN(C(=O)c1cnn(C)c1)CCO2. The summed E-state index contributed by atoms with van der Waals surface area (Å²) in [5.41, 5.74) is 1.68. The van der Waals surface area contributed by atoms with Crippen molar-refractivity contribution in [2.75, 3.05) is 44.7 Å². The maximum Gasteiger partial charge on any atom is 0.322 e. The van der Waals surface area contributed by atoms with Crippen molar-refractivity contribution in [1.29, 1.82) is 0 Å². The van der Waals surface area contributed by atoms with Crippen molar-refractivity contribution >= 4 is 17.6 Å². The van der Waals surface area contributed by atoms with Gasteiger partial charge >= 0.3 is 6.03 Å². The molecule has 1 atom stereocenters. The number of hydrogen-bond acceptors (Lipinski definition) is 7. The lowest BCUT2D eigenvalue weighted by atomic mass is 10.1. The number of urea groups is 1. The Bertz CT molecular complexity index is 900. The van der Waals surface area contributed by atoms with Gasteiger partial charge in [-0.15, -0.1) is 0 Å². The van der Waals surface area contributed by atoms with E-state index in [0.29, 0.717) is 49.0 Å². The molecule has 0 saturated carbocycles. The van der Waals surface area contributed by atoms with E-state index < -0.39 is 5.79 Å². The predicted molar refractivity (Wildman–Crippen MR) is 100 cm³/mol. The molecule has 4 rings (SSSR count). The van der Waals surface area contributed by atoms with Gasteiger partial charge in [-0.1, -0.05) is 5.16 Å². The molecule has 0 bridgehead atoms. The van der Waals surface area contributed by atoms with Gasteiger partial charge in [0.1, 0.15) is 11.4 Å². The Labute approximate surface area is 167 Å². The van der Waals surface area contributed by atoms with Crippen LogP contribution in [0, 0.1) is 13.8 Å². The molecule has 11 heteroatoms. The van der Waals surface area contributed by atoms with Gasteiger partial charge in [0.25, 0.3) is 5.91 Å². The molecule has 0 aromatic carbocycles. The zero-order valence-electron chi connectivity index (χ0n) is 16.7. The Balaban J connectivity index is 1.45. The zero-order chi connectivity index (χ0) is 20.6. The number of ether oxygens (including phenoxy) is 2. The molecule has 2 aliphatic rings. The lowest BCUT2D eigenvalue weighted by Crippen LogP contribution is -2.64. The Morgan fingerprint density at radius 2 is 1.83 bits per heavy atom. The van der Waals surface area contributed by atoms with Crippen molar-refractivity contribution in [1.82, 2.24) is 24.7 Å². The van der Waals surface area contributed by atoms with Gasteiger partial charge in [0.15, 0.2) is 5.76 Å². The number of amides is 3. The molecule has 1 N–H and O–H groups in total. The highest BCUT2D eigenvalue weighted by Gasteiger charge is 2.44. The number of morpholine rings is 2. The smallest absolute Gasteiger partial charge is 0.322 e. The van der Waals surface area contributed by atoms with Gasteiger partial charge in [-0.05, 0) is 13.8 Å². The Kier molecular flexibility index (Phi) is 5.01. The monoisotopic (exact) mass is 404 g/mol. The lowest BCUT2D eigenvalue weighted by Gasteiger charge is -2.47. The summed E-state index contributed by atoms with van der Waals surface area (Å²) in [6.45, 7) is 5.44. The summed E-state index contributed by atoms with van der Waals surface area (Å²) in [7, 11) is 1.76. The first-order chi connectivity index (χ1) is 13.9. The number of rotatable bonds is 2. The van der Waals surface area contributed by atoms with E-state index in [4.69, 9.17) is 14.0 Å². The molecule has 156 valence electrons. The van der Waals surface area contributed by atoms with Crippen LogP contribution in [0.3, 0.4) is 0 Å². The van der Waals surface area contributed by atoms with Crippen LogP contribution < -0.4 is 5.32 Å². The summed E-state index contributed by atoms with van der Waals surface area (Å²) in [4.78, 5) is 28.9. The largest absolute Gasteiger partial charge is 0.359 e. The molecule has 4 heterocycles. The maximum atomic E-state index is 12.8. The van der Waals surface area contributed by atoms with Crippen LogP contribution in [0.2, 0.25) is 0 Å². The second kappa shape index (κ2) is 7.48. The van der Waals surface area contributed by atoms with Gasteiger partial charge in [0.2, 0.25) is 5.79 Å². The summed E-state index contributed by atoms with van der Waals surface area (Å²) in [5, 5.41) is 10.7. The fourth-order valence-corrected chi connectivity index (χ4v) is 3.61. The fourth-order valence-electron chi connectivity index (χ4n) is 3.61. The van der Waals surface area contributed by atoms with Crippen LogP contribution in [0.15, 0.2) is 16.9 Å². The number of anilines is 1. The number of nitrogens with one attached hydrogen (secondary N) is 1. The van der Waals surface area contributed by atoms with E-state index >= 15 is 0 Å². The average Bonchev–Trinajstić information content (AvgIpc) is 3.28. The number of hydrogen-bond donors (Lipinski definition) is 1. The maximum absolute atomic E-state index is 12.8. The van der Waals surface area contributed by atoms with E-state index in [1.54, 1.807) is 41.6 Å². The van der Waals surface area contributed by atoms with Crippen molar-refractivity contribution in [3.05, 3.63) is 29.4 Å². The molecular weight excluding hydrogens is 380 g/mol. The molecule has 2 aromatic heterocycles. The number of carbonyl (C=O) groups is 2. The number of aryl methyl sites for hydroxylation is 3. The first-order valence-corrected chi connectivity index (χ1v) is 9.41. The van der Waals surface area contributed by atoms with Crippen molar-refractivity contribution in [3.8, 4) is 0 Å². The highest BCUT2D eigenvalue weighted by atomic mass is 16.7. The second-order valence-corrected chi connectivity index (χ2v) is 7.29. The van der Waals surface area contributed by atoms with Crippen LogP contribution >= 0.6 is 0 Å². The molecule has 11 nitrogen and oxygen atoms in total.